The number of para-hydroxylation sites is 1. The number of anilines is 1. The van der Waals surface area contributed by atoms with Gasteiger partial charge >= 0.3 is 5.97 Å². The quantitative estimate of drug-likeness (QED) is 0.254. The van der Waals surface area contributed by atoms with E-state index in [0.717, 1.165) is 9.13 Å². The van der Waals surface area contributed by atoms with Gasteiger partial charge in [0, 0.05) is 5.69 Å². The molecule has 3 rings (SSSR count). The predicted molar refractivity (Wildman–Crippen MR) is 126 cm³/mol. The summed E-state index contributed by atoms with van der Waals surface area (Å²) < 4.78 is 6.63. The Hall–Kier alpha value is -3.64. The number of nitrogens with one attached hydrogen (secondary N) is 1. The van der Waals surface area contributed by atoms with E-state index in [0.29, 0.717) is 17.0 Å². The summed E-state index contributed by atoms with van der Waals surface area (Å²) in [5.41, 5.74) is 2.37. The van der Waals surface area contributed by atoms with Crippen molar-refractivity contribution in [3.8, 4) is 11.8 Å². The van der Waals surface area contributed by atoms with Gasteiger partial charge in [-0.15, -0.1) is 0 Å². The van der Waals surface area contributed by atoms with Crippen LogP contribution >= 0.6 is 22.6 Å². The molecule has 6 nitrogen and oxygen atoms in total. The van der Waals surface area contributed by atoms with E-state index in [1.165, 1.54) is 18.2 Å². The molecule has 0 atom stereocenters. The van der Waals surface area contributed by atoms with Gasteiger partial charge in [-0.05, 0) is 76.2 Å². The minimum absolute atomic E-state index is 0.00755. The van der Waals surface area contributed by atoms with Crippen molar-refractivity contribution in [1.29, 1.82) is 5.26 Å². The Morgan fingerprint density at radius 1 is 1.06 bits per heavy atom. The number of ether oxygens (including phenoxy) is 1. The number of carbonyl (C=O) groups excluding carboxylic acids is 1. The minimum atomic E-state index is -0.972. The minimum Gasteiger partial charge on any atom is -0.488 e. The number of benzene rings is 3. The molecular weight excluding hydrogens is 507 g/mol. The fraction of sp³-hybridized carbons (Fsp3) is 0.0417. The Bertz CT molecular complexity index is 1170. The number of carboxylic acid groups (broad SMARTS) is 1. The normalized spacial score (nSPS) is 10.8. The van der Waals surface area contributed by atoms with Crippen LogP contribution in [0.2, 0.25) is 0 Å². The van der Waals surface area contributed by atoms with Crippen molar-refractivity contribution >= 4 is 46.2 Å². The Morgan fingerprint density at radius 2 is 1.77 bits per heavy atom. The summed E-state index contributed by atoms with van der Waals surface area (Å²) in [6.45, 7) is 0.286. The molecule has 0 aliphatic heterocycles. The molecule has 0 aliphatic carbocycles. The van der Waals surface area contributed by atoms with Gasteiger partial charge < -0.3 is 15.2 Å². The number of carboxylic acids is 1. The second-order valence-electron chi connectivity index (χ2n) is 6.47. The lowest BCUT2D eigenvalue weighted by molar-refractivity contribution is -0.112. The zero-order valence-electron chi connectivity index (χ0n) is 16.2. The third-order valence-electron chi connectivity index (χ3n) is 4.26. The molecule has 0 radical (unpaired) electrons. The number of carbonyl (C=O) groups is 2. The monoisotopic (exact) mass is 524 g/mol. The Morgan fingerprint density at radius 3 is 2.39 bits per heavy atom. The number of halogens is 1. The predicted octanol–water partition coefficient (Wildman–Crippen LogP) is 5.11. The van der Waals surface area contributed by atoms with E-state index in [1.807, 2.05) is 18.2 Å². The molecule has 0 fully saturated rings. The van der Waals surface area contributed by atoms with E-state index < -0.39 is 11.9 Å². The lowest BCUT2D eigenvalue weighted by Crippen LogP contribution is -2.13. The second-order valence-corrected chi connectivity index (χ2v) is 7.63. The zero-order valence-corrected chi connectivity index (χ0v) is 18.4. The molecule has 0 aromatic heterocycles. The summed E-state index contributed by atoms with van der Waals surface area (Å²) in [6, 6.07) is 22.7. The smallest absolute Gasteiger partial charge is 0.335 e. The molecule has 0 unspecified atom stereocenters. The fourth-order valence-electron chi connectivity index (χ4n) is 2.66. The summed E-state index contributed by atoms with van der Waals surface area (Å²) in [7, 11) is 0. The average Bonchev–Trinajstić information content (AvgIpc) is 2.77. The molecule has 31 heavy (non-hydrogen) atoms. The van der Waals surface area contributed by atoms with Crippen molar-refractivity contribution in [2.75, 3.05) is 5.32 Å². The van der Waals surface area contributed by atoms with Gasteiger partial charge in [0.25, 0.3) is 5.91 Å². The topological polar surface area (TPSA) is 99.4 Å². The van der Waals surface area contributed by atoms with Gasteiger partial charge in [0.1, 0.15) is 24.0 Å². The van der Waals surface area contributed by atoms with Crippen LogP contribution in [0.25, 0.3) is 6.08 Å². The molecule has 0 heterocycles. The van der Waals surface area contributed by atoms with Crippen LogP contribution in [0.5, 0.6) is 5.75 Å². The number of hydrogen-bond donors (Lipinski definition) is 2. The molecule has 1 amide bonds. The molecule has 0 saturated heterocycles. The standard InChI is InChI=1S/C24H17IN2O4/c25-21-13-17(12-19(14-26)23(28)27-20-4-2-1-3-5-20)8-11-22(21)31-15-16-6-9-18(10-7-16)24(29)30/h1-13H,15H2,(H,27,28)(H,29,30)/b19-12-. The van der Waals surface area contributed by atoms with E-state index in [2.05, 4.69) is 27.9 Å². The van der Waals surface area contributed by atoms with E-state index >= 15 is 0 Å². The van der Waals surface area contributed by atoms with E-state index in [-0.39, 0.29) is 17.7 Å². The van der Waals surface area contributed by atoms with Crippen molar-refractivity contribution in [2.45, 2.75) is 6.61 Å². The first-order valence-corrected chi connectivity index (χ1v) is 10.3. The number of hydrogen-bond acceptors (Lipinski definition) is 4. The summed E-state index contributed by atoms with van der Waals surface area (Å²) in [6.07, 6.45) is 1.52. The molecule has 3 aromatic carbocycles. The van der Waals surface area contributed by atoms with Crippen molar-refractivity contribution < 1.29 is 19.4 Å². The molecule has 0 saturated carbocycles. The molecule has 2 N–H and O–H groups in total. The van der Waals surface area contributed by atoms with Gasteiger partial charge in [0.15, 0.2) is 0 Å². The number of aromatic carboxylic acids is 1. The largest absolute Gasteiger partial charge is 0.488 e. The van der Waals surface area contributed by atoms with Crippen LogP contribution in [0.15, 0.2) is 78.4 Å². The molecule has 0 aliphatic rings. The molecular formula is C24H17IN2O4. The Balaban J connectivity index is 1.68. The first kappa shape index (κ1) is 22.1. The van der Waals surface area contributed by atoms with Crippen LogP contribution in [0.4, 0.5) is 5.69 Å². The molecule has 3 aromatic rings. The van der Waals surface area contributed by atoms with Crippen molar-refractivity contribution in [3.05, 3.63) is 98.6 Å². The van der Waals surface area contributed by atoms with Crippen LogP contribution < -0.4 is 10.1 Å². The first-order valence-electron chi connectivity index (χ1n) is 9.19. The summed E-state index contributed by atoms with van der Waals surface area (Å²) in [4.78, 5) is 23.3. The van der Waals surface area contributed by atoms with Crippen molar-refractivity contribution in [3.63, 3.8) is 0 Å². The van der Waals surface area contributed by atoms with Gasteiger partial charge in [-0.1, -0.05) is 36.4 Å². The van der Waals surface area contributed by atoms with Crippen LogP contribution in [0.3, 0.4) is 0 Å². The Kier molecular flexibility index (Phi) is 7.40. The maximum atomic E-state index is 12.4. The van der Waals surface area contributed by atoms with Crippen molar-refractivity contribution in [1.82, 2.24) is 0 Å². The van der Waals surface area contributed by atoms with Crippen molar-refractivity contribution in [2.24, 2.45) is 0 Å². The van der Waals surface area contributed by atoms with Crippen LogP contribution in [0.1, 0.15) is 21.5 Å². The van der Waals surface area contributed by atoms with E-state index in [9.17, 15) is 14.9 Å². The maximum Gasteiger partial charge on any atom is 0.335 e. The van der Waals surface area contributed by atoms with E-state index in [1.54, 1.807) is 48.5 Å². The fourth-order valence-corrected chi connectivity index (χ4v) is 3.36. The number of rotatable bonds is 7. The van der Waals surface area contributed by atoms with Gasteiger partial charge in [0.05, 0.1) is 9.13 Å². The van der Waals surface area contributed by atoms with Gasteiger partial charge in [-0.2, -0.15) is 5.26 Å². The third-order valence-corrected chi connectivity index (χ3v) is 5.10. The lowest BCUT2D eigenvalue weighted by atomic mass is 10.1. The zero-order chi connectivity index (χ0) is 22.2. The van der Waals surface area contributed by atoms with Crippen LogP contribution in [0, 0.1) is 14.9 Å². The SMILES string of the molecule is N#C/C(=C/c1ccc(OCc2ccc(C(=O)O)cc2)c(I)c1)C(=O)Nc1ccccc1. The number of nitriles is 1. The molecule has 0 bridgehead atoms. The highest BCUT2D eigenvalue weighted by Crippen LogP contribution is 2.24. The lowest BCUT2D eigenvalue weighted by Gasteiger charge is -2.09. The highest BCUT2D eigenvalue weighted by molar-refractivity contribution is 14.1. The van der Waals surface area contributed by atoms with Gasteiger partial charge in [0.2, 0.25) is 0 Å². The highest BCUT2D eigenvalue weighted by atomic mass is 127. The Labute approximate surface area is 192 Å². The highest BCUT2D eigenvalue weighted by Gasteiger charge is 2.10. The second kappa shape index (κ2) is 10.4. The number of nitrogens with zero attached hydrogens (tertiary/aromatic N) is 1. The van der Waals surface area contributed by atoms with Crippen LogP contribution in [-0.2, 0) is 11.4 Å². The molecule has 0 spiro atoms. The van der Waals surface area contributed by atoms with Crippen LogP contribution in [-0.4, -0.2) is 17.0 Å². The third kappa shape index (κ3) is 6.17. The van der Waals surface area contributed by atoms with Gasteiger partial charge in [-0.3, -0.25) is 4.79 Å². The first-order chi connectivity index (χ1) is 15.0. The van der Waals surface area contributed by atoms with E-state index in [4.69, 9.17) is 9.84 Å². The molecule has 7 heteroatoms. The summed E-state index contributed by atoms with van der Waals surface area (Å²) >= 11 is 2.12. The summed E-state index contributed by atoms with van der Waals surface area (Å²) in [5.74, 6) is -0.805. The van der Waals surface area contributed by atoms with Gasteiger partial charge in [-0.25, -0.2) is 4.79 Å². The average molecular weight is 524 g/mol. The number of amides is 1. The maximum absolute atomic E-state index is 12.4. The molecule has 154 valence electrons. The summed E-state index contributed by atoms with van der Waals surface area (Å²) in [5, 5.41) is 21.0.